The lowest BCUT2D eigenvalue weighted by molar-refractivity contribution is 0.0696. The van der Waals surface area contributed by atoms with E-state index in [1.54, 1.807) is 23.5 Å². The molecule has 0 aromatic carbocycles. The number of aromatic carboxylic acids is 1. The van der Waals surface area contributed by atoms with Crippen LogP contribution < -0.4 is 0 Å². The van der Waals surface area contributed by atoms with Crippen molar-refractivity contribution in [2.75, 3.05) is 6.26 Å². The first-order chi connectivity index (χ1) is 8.61. The average molecular weight is 302 g/mol. The topological polar surface area (TPSA) is 80.9 Å². The molecule has 0 aliphatic heterocycles. The number of carboxylic acids is 1. The third-order valence-electron chi connectivity index (χ3n) is 2.19. The van der Waals surface area contributed by atoms with Crippen LogP contribution in [0.2, 0.25) is 0 Å². The Labute approximate surface area is 116 Å². The molecule has 0 unspecified atom stereocenters. The molecular formula is C9H10N4O2S3. The van der Waals surface area contributed by atoms with Crippen LogP contribution in [0.4, 0.5) is 0 Å². The molecule has 9 heteroatoms. The van der Waals surface area contributed by atoms with E-state index in [-0.39, 0.29) is 5.56 Å². The molecule has 1 N–H and O–H groups in total. The van der Waals surface area contributed by atoms with Crippen molar-refractivity contribution < 1.29 is 9.90 Å². The fourth-order valence-electron chi connectivity index (χ4n) is 1.28. The number of hydrogen-bond donors (Lipinski definition) is 1. The van der Waals surface area contributed by atoms with Crippen LogP contribution >= 0.6 is 34.9 Å². The van der Waals surface area contributed by atoms with Gasteiger partial charge in [-0.25, -0.2) is 4.79 Å². The molecule has 0 spiro atoms. The molecule has 0 atom stereocenters. The Balaban J connectivity index is 2.10. The summed E-state index contributed by atoms with van der Waals surface area (Å²) in [4.78, 5) is 11.0. The molecule has 2 aromatic rings. The van der Waals surface area contributed by atoms with Crippen molar-refractivity contribution in [2.24, 2.45) is 7.05 Å². The largest absolute Gasteiger partial charge is 0.478 e. The number of carboxylic acid groups (broad SMARTS) is 1. The van der Waals surface area contributed by atoms with E-state index in [0.717, 1.165) is 8.68 Å². The van der Waals surface area contributed by atoms with E-state index in [1.165, 1.54) is 29.3 Å². The van der Waals surface area contributed by atoms with Gasteiger partial charge in [0.2, 0.25) is 0 Å². The normalized spacial score (nSPS) is 10.8. The van der Waals surface area contributed by atoms with Gasteiger partial charge in [0, 0.05) is 12.8 Å². The molecule has 0 aliphatic carbocycles. The van der Waals surface area contributed by atoms with Crippen LogP contribution in [0.1, 0.15) is 16.1 Å². The lowest BCUT2D eigenvalue weighted by atomic mass is 10.3. The Hall–Kier alpha value is -1.06. The highest BCUT2D eigenvalue weighted by Gasteiger charge is 2.16. The third-order valence-corrected chi connectivity index (χ3v) is 5.23. The Morgan fingerprint density at radius 1 is 1.50 bits per heavy atom. The van der Waals surface area contributed by atoms with Crippen LogP contribution in [0.15, 0.2) is 14.9 Å². The van der Waals surface area contributed by atoms with Crippen LogP contribution in [-0.2, 0) is 12.8 Å². The standard InChI is InChI=1S/C9H10N4O2S3/c1-13-6(5(3-10-13)7(14)15)4-17-9-12-11-8(16-2)18-9/h3H,4H2,1-2H3,(H,14,15). The molecule has 96 valence electrons. The van der Waals surface area contributed by atoms with E-state index in [1.807, 2.05) is 6.26 Å². The Morgan fingerprint density at radius 3 is 2.83 bits per heavy atom. The predicted molar refractivity (Wildman–Crippen MR) is 71.4 cm³/mol. The molecule has 0 saturated heterocycles. The van der Waals surface area contributed by atoms with Crippen LogP contribution in [0.3, 0.4) is 0 Å². The summed E-state index contributed by atoms with van der Waals surface area (Å²) in [6.07, 6.45) is 3.31. The molecule has 0 saturated carbocycles. The first kappa shape index (κ1) is 13.4. The SMILES string of the molecule is CSc1nnc(SCc2c(C(=O)O)cnn2C)s1. The molecular weight excluding hydrogens is 292 g/mol. The minimum atomic E-state index is -0.958. The van der Waals surface area contributed by atoms with Gasteiger partial charge in [0.15, 0.2) is 8.68 Å². The Kier molecular flexibility index (Phi) is 4.25. The van der Waals surface area contributed by atoms with E-state index < -0.39 is 5.97 Å². The third kappa shape index (κ3) is 2.85. The highest BCUT2D eigenvalue weighted by atomic mass is 32.2. The van der Waals surface area contributed by atoms with E-state index in [2.05, 4.69) is 15.3 Å². The molecule has 0 fully saturated rings. The number of rotatable bonds is 5. The van der Waals surface area contributed by atoms with Crippen molar-refractivity contribution in [3.05, 3.63) is 17.5 Å². The van der Waals surface area contributed by atoms with Crippen LogP contribution in [-0.4, -0.2) is 37.3 Å². The van der Waals surface area contributed by atoms with Gasteiger partial charge in [-0.2, -0.15) is 5.10 Å². The molecule has 18 heavy (non-hydrogen) atoms. The van der Waals surface area contributed by atoms with Gasteiger partial charge >= 0.3 is 5.97 Å². The minimum absolute atomic E-state index is 0.236. The first-order valence-corrected chi connectivity index (χ1v) is 7.89. The average Bonchev–Trinajstić information content (AvgIpc) is 2.93. The summed E-state index contributed by atoms with van der Waals surface area (Å²) in [5.74, 6) is -0.443. The van der Waals surface area contributed by atoms with Crippen molar-refractivity contribution in [1.29, 1.82) is 0 Å². The maximum Gasteiger partial charge on any atom is 0.339 e. The monoisotopic (exact) mass is 302 g/mol. The van der Waals surface area contributed by atoms with Gasteiger partial charge in [0.25, 0.3) is 0 Å². The van der Waals surface area contributed by atoms with E-state index in [0.29, 0.717) is 11.4 Å². The second-order valence-electron chi connectivity index (χ2n) is 3.26. The smallest absolute Gasteiger partial charge is 0.339 e. The van der Waals surface area contributed by atoms with E-state index in [9.17, 15) is 4.79 Å². The van der Waals surface area contributed by atoms with Gasteiger partial charge < -0.3 is 5.11 Å². The highest BCUT2D eigenvalue weighted by molar-refractivity contribution is 8.02. The van der Waals surface area contributed by atoms with E-state index in [4.69, 9.17) is 5.11 Å². The molecule has 2 aromatic heterocycles. The van der Waals surface area contributed by atoms with Crippen molar-refractivity contribution in [2.45, 2.75) is 14.4 Å². The quantitative estimate of drug-likeness (QED) is 0.846. The predicted octanol–water partition coefficient (Wildman–Crippen LogP) is 1.98. The molecule has 0 bridgehead atoms. The van der Waals surface area contributed by atoms with Gasteiger partial charge in [-0.1, -0.05) is 34.9 Å². The first-order valence-electron chi connectivity index (χ1n) is 4.86. The molecule has 2 heterocycles. The summed E-state index contributed by atoms with van der Waals surface area (Å²) < 4.78 is 3.31. The minimum Gasteiger partial charge on any atom is -0.478 e. The number of nitrogens with zero attached hydrogens (tertiary/aromatic N) is 4. The van der Waals surface area contributed by atoms with Crippen molar-refractivity contribution in [3.63, 3.8) is 0 Å². The number of hydrogen-bond acceptors (Lipinski definition) is 7. The maximum atomic E-state index is 11.0. The summed E-state index contributed by atoms with van der Waals surface area (Å²) in [7, 11) is 1.73. The molecule has 0 amide bonds. The zero-order valence-corrected chi connectivity index (χ0v) is 12.1. The summed E-state index contributed by atoms with van der Waals surface area (Å²) in [5.41, 5.74) is 0.910. The van der Waals surface area contributed by atoms with Gasteiger partial charge in [0.05, 0.1) is 11.9 Å². The lowest BCUT2D eigenvalue weighted by Gasteiger charge is -2.01. The second kappa shape index (κ2) is 5.72. The van der Waals surface area contributed by atoms with Gasteiger partial charge in [-0.05, 0) is 6.26 Å². The van der Waals surface area contributed by atoms with Crippen molar-refractivity contribution in [3.8, 4) is 0 Å². The van der Waals surface area contributed by atoms with Crippen LogP contribution in [0, 0.1) is 0 Å². The molecule has 0 aliphatic rings. The molecule has 6 nitrogen and oxygen atoms in total. The summed E-state index contributed by atoms with van der Waals surface area (Å²) >= 11 is 4.51. The number of thioether (sulfide) groups is 2. The molecule has 0 radical (unpaired) electrons. The fourth-order valence-corrected chi connectivity index (χ4v) is 3.79. The van der Waals surface area contributed by atoms with Crippen LogP contribution in [0.25, 0.3) is 0 Å². The number of carbonyl (C=O) groups is 1. The second-order valence-corrected chi connectivity index (χ2v) is 6.51. The highest BCUT2D eigenvalue weighted by Crippen LogP contribution is 2.30. The van der Waals surface area contributed by atoms with Gasteiger partial charge in [-0.3, -0.25) is 4.68 Å². The zero-order chi connectivity index (χ0) is 13.1. The van der Waals surface area contributed by atoms with Gasteiger partial charge in [-0.15, -0.1) is 10.2 Å². The Morgan fingerprint density at radius 2 is 2.22 bits per heavy atom. The number of aromatic nitrogens is 4. The maximum absolute atomic E-state index is 11.0. The van der Waals surface area contributed by atoms with Crippen molar-refractivity contribution >= 4 is 40.8 Å². The molecule has 2 rings (SSSR count). The fraction of sp³-hybridized carbons (Fsp3) is 0.333. The van der Waals surface area contributed by atoms with Gasteiger partial charge in [0.1, 0.15) is 5.56 Å². The Bertz CT molecular complexity index is 566. The van der Waals surface area contributed by atoms with E-state index >= 15 is 0 Å². The summed E-state index contributed by atoms with van der Waals surface area (Å²) in [6.45, 7) is 0. The van der Waals surface area contributed by atoms with Crippen molar-refractivity contribution in [1.82, 2.24) is 20.0 Å². The summed E-state index contributed by atoms with van der Waals surface area (Å²) in [6, 6.07) is 0. The summed E-state index contributed by atoms with van der Waals surface area (Å²) in [5, 5.41) is 21.0. The zero-order valence-electron chi connectivity index (χ0n) is 9.65. The van der Waals surface area contributed by atoms with Crippen LogP contribution in [0.5, 0.6) is 0 Å². The number of aryl methyl sites for hydroxylation is 1. The lowest BCUT2D eigenvalue weighted by Crippen LogP contribution is -2.03.